The Morgan fingerprint density at radius 1 is 1.27 bits per heavy atom. The Hall–Kier alpha value is -0.813. The van der Waals surface area contributed by atoms with Crippen molar-refractivity contribution in [2.75, 3.05) is 19.0 Å². The molecule has 144 valence electrons. The maximum absolute atomic E-state index is 6.46. The number of benzene rings is 1. The molecule has 2 nitrogen and oxygen atoms in total. The Labute approximate surface area is 165 Å². The zero-order chi connectivity index (χ0) is 19.4. The van der Waals surface area contributed by atoms with E-state index in [0.717, 1.165) is 12.4 Å². The zero-order valence-electron chi connectivity index (χ0n) is 17.4. The van der Waals surface area contributed by atoms with Gasteiger partial charge < -0.3 is 9.16 Å². The van der Waals surface area contributed by atoms with E-state index >= 15 is 0 Å². The SMILES string of the molecule is CC1=C(CO[Si](C)(C)C(C)(C)C)[C@@H](/C=C(\C)CSc2ccccc2)OC1. The predicted octanol–water partition coefficient (Wildman–Crippen LogP) is 6.46. The van der Waals surface area contributed by atoms with Crippen LogP contribution in [-0.2, 0) is 9.16 Å². The fraction of sp³-hybridized carbons (Fsp3) is 0.545. The van der Waals surface area contributed by atoms with Crippen LogP contribution in [0.4, 0.5) is 0 Å². The first-order valence-electron chi connectivity index (χ1n) is 9.39. The predicted molar refractivity (Wildman–Crippen MR) is 117 cm³/mol. The molecule has 1 heterocycles. The van der Waals surface area contributed by atoms with Crippen LogP contribution in [-0.4, -0.2) is 33.4 Å². The lowest BCUT2D eigenvalue weighted by molar-refractivity contribution is 0.145. The molecule has 2 rings (SSSR count). The molecule has 1 aliphatic heterocycles. The van der Waals surface area contributed by atoms with Crippen LogP contribution in [0.5, 0.6) is 0 Å². The Morgan fingerprint density at radius 3 is 2.54 bits per heavy atom. The molecule has 0 unspecified atom stereocenters. The number of ether oxygens (including phenoxy) is 1. The fourth-order valence-corrected chi connectivity index (χ4v) is 4.29. The zero-order valence-corrected chi connectivity index (χ0v) is 19.2. The average Bonchev–Trinajstić information content (AvgIpc) is 2.91. The average molecular weight is 391 g/mol. The van der Waals surface area contributed by atoms with Crippen molar-refractivity contribution in [3.8, 4) is 0 Å². The summed E-state index contributed by atoms with van der Waals surface area (Å²) in [5.74, 6) is 0.985. The van der Waals surface area contributed by atoms with Gasteiger partial charge in [0.2, 0.25) is 0 Å². The van der Waals surface area contributed by atoms with Crippen molar-refractivity contribution in [1.29, 1.82) is 0 Å². The summed E-state index contributed by atoms with van der Waals surface area (Å²) in [7, 11) is -1.75. The van der Waals surface area contributed by atoms with Gasteiger partial charge in [0.1, 0.15) is 0 Å². The first-order chi connectivity index (χ1) is 12.1. The second-order valence-corrected chi connectivity index (χ2v) is 14.6. The molecule has 0 N–H and O–H groups in total. The summed E-state index contributed by atoms with van der Waals surface area (Å²) in [6.07, 6.45) is 2.34. The molecule has 0 aromatic heterocycles. The summed E-state index contributed by atoms with van der Waals surface area (Å²) in [5.41, 5.74) is 4.00. The molecule has 1 aliphatic rings. The number of thioether (sulfide) groups is 1. The van der Waals surface area contributed by atoms with Crippen LogP contribution >= 0.6 is 11.8 Å². The van der Waals surface area contributed by atoms with Gasteiger partial charge in [-0.3, -0.25) is 0 Å². The van der Waals surface area contributed by atoms with Gasteiger partial charge in [-0.05, 0) is 55.3 Å². The minimum atomic E-state index is -1.75. The van der Waals surface area contributed by atoms with Gasteiger partial charge in [-0.2, -0.15) is 0 Å². The van der Waals surface area contributed by atoms with Gasteiger partial charge in [0, 0.05) is 10.6 Å². The third-order valence-corrected chi connectivity index (χ3v) is 11.1. The molecular formula is C22H34O2SSi. The van der Waals surface area contributed by atoms with Crippen LogP contribution < -0.4 is 0 Å². The molecule has 0 fully saturated rings. The Kier molecular flexibility index (Phi) is 7.37. The lowest BCUT2D eigenvalue weighted by atomic mass is 10.1. The Morgan fingerprint density at radius 2 is 1.92 bits per heavy atom. The standard InChI is InChI=1S/C22H34O2SSi/c1-17(16-25-19-11-9-8-10-12-19)13-21-20(18(2)14-23-21)15-24-26(6,7)22(3,4)5/h8-13,21H,14-16H2,1-7H3/b17-13+/t21-/m1/s1. The Bertz CT molecular complexity index is 656. The second-order valence-electron chi connectivity index (χ2n) is 8.70. The van der Waals surface area contributed by atoms with Gasteiger partial charge in [0.25, 0.3) is 0 Å². The van der Waals surface area contributed by atoms with Crippen LogP contribution in [0.2, 0.25) is 18.1 Å². The van der Waals surface area contributed by atoms with Gasteiger partial charge in [-0.15, -0.1) is 11.8 Å². The minimum absolute atomic E-state index is 0.0659. The van der Waals surface area contributed by atoms with Crippen molar-refractivity contribution in [1.82, 2.24) is 0 Å². The molecular weight excluding hydrogens is 356 g/mol. The van der Waals surface area contributed by atoms with E-state index in [0.29, 0.717) is 6.61 Å². The number of hydrogen-bond acceptors (Lipinski definition) is 3. The molecule has 1 aromatic rings. The van der Waals surface area contributed by atoms with Crippen LogP contribution in [0.1, 0.15) is 34.6 Å². The summed E-state index contributed by atoms with van der Waals surface area (Å²) >= 11 is 1.87. The van der Waals surface area contributed by atoms with E-state index in [1.54, 1.807) is 0 Å². The maximum atomic E-state index is 6.46. The van der Waals surface area contributed by atoms with E-state index in [-0.39, 0.29) is 11.1 Å². The lowest BCUT2D eigenvalue weighted by Gasteiger charge is -2.36. The molecule has 26 heavy (non-hydrogen) atoms. The third kappa shape index (κ3) is 5.85. The van der Waals surface area contributed by atoms with Crippen LogP contribution in [0.25, 0.3) is 0 Å². The largest absolute Gasteiger partial charge is 0.413 e. The summed E-state index contributed by atoms with van der Waals surface area (Å²) in [4.78, 5) is 1.31. The van der Waals surface area contributed by atoms with Crippen molar-refractivity contribution in [2.24, 2.45) is 0 Å². The topological polar surface area (TPSA) is 18.5 Å². The number of hydrogen-bond donors (Lipinski definition) is 0. The van der Waals surface area contributed by atoms with Gasteiger partial charge >= 0.3 is 0 Å². The first kappa shape index (κ1) is 21.5. The van der Waals surface area contributed by atoms with Crippen molar-refractivity contribution < 1.29 is 9.16 Å². The Balaban J connectivity index is 1.98. The molecule has 0 spiro atoms. The molecule has 0 radical (unpaired) electrons. The van der Waals surface area contributed by atoms with Gasteiger partial charge in [-0.1, -0.05) is 50.6 Å². The highest BCUT2D eigenvalue weighted by Crippen LogP contribution is 2.37. The van der Waals surface area contributed by atoms with Crippen LogP contribution in [0.3, 0.4) is 0 Å². The highest BCUT2D eigenvalue weighted by atomic mass is 32.2. The molecule has 0 aliphatic carbocycles. The van der Waals surface area contributed by atoms with Gasteiger partial charge in [0.15, 0.2) is 8.32 Å². The van der Waals surface area contributed by atoms with E-state index in [9.17, 15) is 0 Å². The summed E-state index contributed by atoms with van der Waals surface area (Å²) < 4.78 is 12.5. The van der Waals surface area contributed by atoms with E-state index in [1.807, 2.05) is 11.8 Å². The molecule has 0 saturated heterocycles. The summed E-state index contributed by atoms with van der Waals surface area (Å²) in [6, 6.07) is 10.5. The second kappa shape index (κ2) is 8.92. The van der Waals surface area contributed by atoms with Crippen molar-refractivity contribution in [3.05, 3.63) is 53.1 Å². The van der Waals surface area contributed by atoms with E-state index in [2.05, 4.69) is 84.1 Å². The van der Waals surface area contributed by atoms with E-state index < -0.39 is 8.32 Å². The normalized spacial score (nSPS) is 19.3. The highest BCUT2D eigenvalue weighted by molar-refractivity contribution is 7.99. The molecule has 0 amide bonds. The first-order valence-corrected chi connectivity index (χ1v) is 13.3. The minimum Gasteiger partial charge on any atom is -0.413 e. The lowest BCUT2D eigenvalue weighted by Crippen LogP contribution is -2.41. The van der Waals surface area contributed by atoms with Crippen molar-refractivity contribution >= 4 is 20.1 Å². The number of rotatable bonds is 7. The third-order valence-electron chi connectivity index (χ3n) is 5.41. The molecule has 1 aromatic carbocycles. The molecule has 0 saturated carbocycles. The quantitative estimate of drug-likeness (QED) is 0.302. The molecule has 1 atom stereocenters. The molecule has 0 bridgehead atoms. The fourth-order valence-electron chi connectivity index (χ4n) is 2.50. The van der Waals surface area contributed by atoms with Gasteiger partial charge in [-0.25, -0.2) is 0 Å². The summed E-state index contributed by atoms with van der Waals surface area (Å²) in [5, 5.41) is 0.231. The highest BCUT2D eigenvalue weighted by Gasteiger charge is 2.38. The monoisotopic (exact) mass is 390 g/mol. The van der Waals surface area contributed by atoms with Crippen LogP contribution in [0.15, 0.2) is 58.0 Å². The molecule has 4 heteroatoms. The summed E-state index contributed by atoms with van der Waals surface area (Å²) in [6.45, 7) is 17.3. The van der Waals surface area contributed by atoms with Crippen molar-refractivity contribution in [2.45, 2.75) is 63.8 Å². The van der Waals surface area contributed by atoms with Crippen LogP contribution in [0, 0.1) is 0 Å². The smallest absolute Gasteiger partial charge is 0.192 e. The van der Waals surface area contributed by atoms with Crippen molar-refractivity contribution in [3.63, 3.8) is 0 Å². The van der Waals surface area contributed by atoms with E-state index in [1.165, 1.54) is 21.6 Å². The van der Waals surface area contributed by atoms with Gasteiger partial charge in [0.05, 0.1) is 19.3 Å². The maximum Gasteiger partial charge on any atom is 0.192 e. The van der Waals surface area contributed by atoms with E-state index in [4.69, 9.17) is 9.16 Å².